The fourth-order valence-corrected chi connectivity index (χ4v) is 2.33. The van der Waals surface area contributed by atoms with Gasteiger partial charge in [0.15, 0.2) is 0 Å². The van der Waals surface area contributed by atoms with E-state index in [2.05, 4.69) is 15.8 Å². The number of likely N-dealkylation sites (N-methyl/N-ethyl adjacent to an activating group) is 2. The van der Waals surface area contributed by atoms with Gasteiger partial charge in [-0.3, -0.25) is 9.78 Å². The number of carbonyl (C=O) groups is 1. The second-order valence-corrected chi connectivity index (χ2v) is 5.35. The molecule has 0 bridgehead atoms. The van der Waals surface area contributed by atoms with Crippen molar-refractivity contribution in [1.82, 2.24) is 20.7 Å². The molecule has 0 radical (unpaired) electrons. The maximum atomic E-state index is 12.5. The number of amides is 1. The number of benzene rings is 1. The van der Waals surface area contributed by atoms with Crippen LogP contribution in [0.15, 0.2) is 48.7 Å². The summed E-state index contributed by atoms with van der Waals surface area (Å²) in [4.78, 5) is 18.4. The van der Waals surface area contributed by atoms with E-state index in [4.69, 9.17) is 5.21 Å². The summed E-state index contributed by atoms with van der Waals surface area (Å²) in [6.45, 7) is 1.84. The summed E-state index contributed by atoms with van der Waals surface area (Å²) in [7, 11) is 3.40. The normalized spacial score (nSPS) is 13.4. The summed E-state index contributed by atoms with van der Waals surface area (Å²) < 4.78 is 0. The Morgan fingerprint density at radius 3 is 2.43 bits per heavy atom. The Kier molecular flexibility index (Phi) is 5.81. The molecule has 0 saturated carbocycles. The van der Waals surface area contributed by atoms with Gasteiger partial charge in [-0.25, -0.2) is 0 Å². The molecule has 1 amide bonds. The van der Waals surface area contributed by atoms with E-state index in [1.54, 1.807) is 31.3 Å². The van der Waals surface area contributed by atoms with Crippen LogP contribution in [0.4, 0.5) is 0 Å². The van der Waals surface area contributed by atoms with E-state index in [0.29, 0.717) is 5.56 Å². The average molecular weight is 314 g/mol. The third kappa shape index (κ3) is 3.92. The minimum absolute atomic E-state index is 0.153. The first-order chi connectivity index (χ1) is 11.1. The number of rotatable bonds is 6. The van der Waals surface area contributed by atoms with Crippen LogP contribution in [0.2, 0.25) is 0 Å². The quantitative estimate of drug-likeness (QED) is 0.559. The molecule has 2 atom stereocenters. The molecule has 1 heterocycles. The van der Waals surface area contributed by atoms with Crippen LogP contribution in [0.25, 0.3) is 11.3 Å². The van der Waals surface area contributed by atoms with E-state index >= 15 is 0 Å². The predicted octanol–water partition coefficient (Wildman–Crippen LogP) is 1.73. The van der Waals surface area contributed by atoms with Gasteiger partial charge < -0.3 is 15.4 Å². The van der Waals surface area contributed by atoms with Gasteiger partial charge in [-0.05, 0) is 26.1 Å². The highest BCUT2D eigenvalue weighted by Crippen LogP contribution is 2.17. The molecule has 6 nitrogen and oxygen atoms in total. The highest BCUT2D eigenvalue weighted by Gasteiger charge is 2.24. The SMILES string of the molecule is CNC(NO)C(C)N(C)C(=O)c1ccc(-c2ccccc2)nc1. The average Bonchev–Trinajstić information content (AvgIpc) is 2.62. The lowest BCUT2D eigenvalue weighted by Gasteiger charge is -2.30. The summed E-state index contributed by atoms with van der Waals surface area (Å²) in [5.74, 6) is -0.153. The van der Waals surface area contributed by atoms with Crippen LogP contribution in [0.5, 0.6) is 0 Å². The lowest BCUT2D eigenvalue weighted by Crippen LogP contribution is -2.54. The molecule has 0 saturated heterocycles. The highest BCUT2D eigenvalue weighted by molar-refractivity contribution is 5.94. The van der Waals surface area contributed by atoms with Crippen molar-refractivity contribution in [3.05, 3.63) is 54.2 Å². The Morgan fingerprint density at radius 2 is 1.91 bits per heavy atom. The number of carbonyl (C=O) groups excluding carboxylic acids is 1. The maximum Gasteiger partial charge on any atom is 0.255 e. The first-order valence-electron chi connectivity index (χ1n) is 7.44. The molecule has 122 valence electrons. The third-order valence-electron chi connectivity index (χ3n) is 3.94. The molecule has 2 unspecified atom stereocenters. The lowest BCUT2D eigenvalue weighted by atomic mass is 10.1. The molecular formula is C17H22N4O2. The molecule has 1 aromatic heterocycles. The number of hydroxylamine groups is 1. The Balaban J connectivity index is 2.14. The van der Waals surface area contributed by atoms with E-state index in [1.165, 1.54) is 0 Å². The monoisotopic (exact) mass is 314 g/mol. The molecule has 0 aliphatic heterocycles. The van der Waals surface area contributed by atoms with Gasteiger partial charge in [-0.15, -0.1) is 0 Å². The molecule has 2 aromatic rings. The van der Waals surface area contributed by atoms with Gasteiger partial charge in [-0.2, -0.15) is 5.48 Å². The first-order valence-corrected chi connectivity index (χ1v) is 7.44. The summed E-state index contributed by atoms with van der Waals surface area (Å²) in [6.07, 6.45) is 1.16. The maximum absolute atomic E-state index is 12.5. The summed E-state index contributed by atoms with van der Waals surface area (Å²) >= 11 is 0. The van der Waals surface area contributed by atoms with Gasteiger partial charge in [0.2, 0.25) is 0 Å². The number of hydrogen-bond donors (Lipinski definition) is 3. The van der Waals surface area contributed by atoms with E-state index in [9.17, 15) is 4.79 Å². The van der Waals surface area contributed by atoms with Crippen molar-refractivity contribution < 1.29 is 10.0 Å². The Morgan fingerprint density at radius 1 is 1.22 bits per heavy atom. The van der Waals surface area contributed by atoms with E-state index in [0.717, 1.165) is 11.3 Å². The molecule has 2 rings (SSSR count). The van der Waals surface area contributed by atoms with Crippen LogP contribution < -0.4 is 10.8 Å². The zero-order chi connectivity index (χ0) is 16.8. The van der Waals surface area contributed by atoms with Crippen LogP contribution in [-0.4, -0.2) is 47.3 Å². The van der Waals surface area contributed by atoms with Gasteiger partial charge in [0.05, 0.1) is 17.3 Å². The van der Waals surface area contributed by atoms with Crippen LogP contribution >= 0.6 is 0 Å². The van der Waals surface area contributed by atoms with Crippen LogP contribution in [0.1, 0.15) is 17.3 Å². The smallest absolute Gasteiger partial charge is 0.255 e. The van der Waals surface area contributed by atoms with Gasteiger partial charge in [-0.1, -0.05) is 30.3 Å². The number of nitrogens with zero attached hydrogens (tertiary/aromatic N) is 2. The number of nitrogens with one attached hydrogen (secondary N) is 2. The Labute approximate surface area is 136 Å². The van der Waals surface area contributed by atoms with Gasteiger partial charge >= 0.3 is 0 Å². The third-order valence-corrected chi connectivity index (χ3v) is 3.94. The van der Waals surface area contributed by atoms with Crippen molar-refractivity contribution in [2.75, 3.05) is 14.1 Å². The van der Waals surface area contributed by atoms with Crippen molar-refractivity contribution in [3.63, 3.8) is 0 Å². The van der Waals surface area contributed by atoms with E-state index < -0.39 is 6.17 Å². The van der Waals surface area contributed by atoms with Gasteiger partial charge in [0.25, 0.3) is 5.91 Å². The molecule has 0 aliphatic carbocycles. The van der Waals surface area contributed by atoms with Crippen molar-refractivity contribution >= 4 is 5.91 Å². The minimum atomic E-state index is -0.416. The molecule has 0 aliphatic rings. The second kappa shape index (κ2) is 7.82. The molecule has 3 N–H and O–H groups in total. The number of pyridine rings is 1. The lowest BCUT2D eigenvalue weighted by molar-refractivity contribution is 0.0493. The molecule has 23 heavy (non-hydrogen) atoms. The van der Waals surface area contributed by atoms with Gasteiger partial charge in [0.1, 0.15) is 6.17 Å². The van der Waals surface area contributed by atoms with Crippen molar-refractivity contribution in [2.24, 2.45) is 0 Å². The zero-order valence-corrected chi connectivity index (χ0v) is 13.5. The molecule has 1 aromatic carbocycles. The Bertz CT molecular complexity index is 627. The molecule has 0 spiro atoms. The number of hydrogen-bond acceptors (Lipinski definition) is 5. The fraction of sp³-hybridized carbons (Fsp3) is 0.294. The predicted molar refractivity (Wildman–Crippen MR) is 89.0 cm³/mol. The number of aromatic nitrogens is 1. The summed E-state index contributed by atoms with van der Waals surface area (Å²) in [6, 6.07) is 13.2. The first kappa shape index (κ1) is 17.1. The van der Waals surface area contributed by atoms with Crippen LogP contribution in [-0.2, 0) is 0 Å². The van der Waals surface area contributed by atoms with Gasteiger partial charge in [0, 0.05) is 18.8 Å². The van der Waals surface area contributed by atoms with Crippen molar-refractivity contribution in [2.45, 2.75) is 19.1 Å². The van der Waals surface area contributed by atoms with Crippen molar-refractivity contribution in [1.29, 1.82) is 0 Å². The van der Waals surface area contributed by atoms with Crippen molar-refractivity contribution in [3.8, 4) is 11.3 Å². The van der Waals surface area contributed by atoms with E-state index in [1.807, 2.05) is 43.3 Å². The summed E-state index contributed by atoms with van der Waals surface area (Å²) in [5.41, 5.74) is 4.48. The van der Waals surface area contributed by atoms with E-state index in [-0.39, 0.29) is 11.9 Å². The summed E-state index contributed by atoms with van der Waals surface area (Å²) in [5, 5.41) is 12.0. The van der Waals surface area contributed by atoms with Crippen LogP contribution in [0, 0.1) is 0 Å². The largest absolute Gasteiger partial charge is 0.336 e. The fourth-order valence-electron chi connectivity index (χ4n) is 2.33. The standard InChI is InChI=1S/C17H22N4O2/c1-12(16(18-2)20-23)21(3)17(22)14-9-10-15(19-11-14)13-7-5-4-6-8-13/h4-12,16,18,20,23H,1-3H3. The molecule has 0 fully saturated rings. The highest BCUT2D eigenvalue weighted by atomic mass is 16.5. The topological polar surface area (TPSA) is 77.5 Å². The molecular weight excluding hydrogens is 292 g/mol. The molecule has 6 heteroatoms. The van der Waals surface area contributed by atoms with Crippen LogP contribution in [0.3, 0.4) is 0 Å². The second-order valence-electron chi connectivity index (χ2n) is 5.35. The Hall–Kier alpha value is -2.28. The zero-order valence-electron chi connectivity index (χ0n) is 13.5. The minimum Gasteiger partial charge on any atom is -0.336 e.